The molecule has 33 heavy (non-hydrogen) atoms. The van der Waals surface area contributed by atoms with E-state index in [1.165, 1.54) is 0 Å². The molecule has 1 aliphatic carbocycles. The third-order valence-corrected chi connectivity index (χ3v) is 7.15. The lowest BCUT2D eigenvalue weighted by molar-refractivity contribution is -0.125. The van der Waals surface area contributed by atoms with Crippen molar-refractivity contribution in [1.29, 1.82) is 0 Å². The summed E-state index contributed by atoms with van der Waals surface area (Å²) in [4.78, 5) is 25.1. The van der Waals surface area contributed by atoms with Crippen LogP contribution < -0.4 is 10.2 Å². The Balaban J connectivity index is 1.33. The van der Waals surface area contributed by atoms with Crippen LogP contribution in [0.1, 0.15) is 48.9 Å². The Kier molecular flexibility index (Phi) is 6.22. The molecule has 4 heterocycles. The second kappa shape index (κ2) is 9.13. The summed E-state index contributed by atoms with van der Waals surface area (Å²) in [6, 6.07) is 2.19. The highest BCUT2D eigenvalue weighted by molar-refractivity contribution is 6.08. The lowest BCUT2D eigenvalue weighted by Crippen LogP contribution is -2.53. The molecular formula is C23H30F3N5O2. The van der Waals surface area contributed by atoms with E-state index in [2.05, 4.69) is 20.2 Å². The number of nitrogens with one attached hydrogen (secondary N) is 2. The summed E-state index contributed by atoms with van der Waals surface area (Å²) < 4.78 is 43.1. The standard InChI is InChI=1S/C23H30F3N5O2/c24-23(25,26)13-27-10-15-3-5-16(6-4-15)31-14-30(12-17-2-1-9-33-17)22(32)19-11-29-21-18(20(19)31)7-8-28-21/h7-8,11,15-17,27H,1-6,9-10,12-14H2,(H,28,29). The van der Waals surface area contributed by atoms with Crippen molar-refractivity contribution in [3.05, 3.63) is 24.0 Å². The lowest BCUT2D eigenvalue weighted by atomic mass is 9.84. The molecule has 2 fully saturated rings. The van der Waals surface area contributed by atoms with E-state index in [9.17, 15) is 18.0 Å². The Morgan fingerprint density at radius 2 is 2.03 bits per heavy atom. The van der Waals surface area contributed by atoms with Crippen molar-refractivity contribution >= 4 is 22.6 Å². The van der Waals surface area contributed by atoms with Crippen LogP contribution in [-0.4, -0.2) is 72.0 Å². The van der Waals surface area contributed by atoms with Crippen LogP contribution in [0.3, 0.4) is 0 Å². The molecule has 2 N–H and O–H groups in total. The van der Waals surface area contributed by atoms with Crippen LogP contribution in [0.4, 0.5) is 18.9 Å². The molecule has 0 spiro atoms. The summed E-state index contributed by atoms with van der Waals surface area (Å²) in [7, 11) is 0. The minimum atomic E-state index is -4.18. The Morgan fingerprint density at radius 3 is 2.76 bits per heavy atom. The Hall–Kier alpha value is -2.33. The van der Waals surface area contributed by atoms with Gasteiger partial charge < -0.3 is 24.8 Å². The summed E-state index contributed by atoms with van der Waals surface area (Å²) in [6.07, 6.45) is 4.86. The zero-order valence-corrected chi connectivity index (χ0v) is 18.5. The topological polar surface area (TPSA) is 73.5 Å². The number of amides is 1. The SMILES string of the molecule is O=C1c2cnc3[nH]ccc3c2N(C2CCC(CNCC(F)(F)F)CC2)CN1CC1CCCO1. The highest BCUT2D eigenvalue weighted by atomic mass is 19.4. The fraction of sp³-hybridized carbons (Fsp3) is 0.652. The van der Waals surface area contributed by atoms with Gasteiger partial charge in [-0.05, 0) is 57.1 Å². The van der Waals surface area contributed by atoms with E-state index in [-0.39, 0.29) is 24.0 Å². The van der Waals surface area contributed by atoms with Crippen LogP contribution in [-0.2, 0) is 4.74 Å². The number of aromatic nitrogens is 2. The van der Waals surface area contributed by atoms with Crippen molar-refractivity contribution in [3.8, 4) is 0 Å². The van der Waals surface area contributed by atoms with Crippen molar-refractivity contribution in [1.82, 2.24) is 20.2 Å². The van der Waals surface area contributed by atoms with Gasteiger partial charge in [-0.25, -0.2) is 4.98 Å². The number of alkyl halides is 3. The van der Waals surface area contributed by atoms with Gasteiger partial charge in [0.15, 0.2) is 0 Å². The zero-order chi connectivity index (χ0) is 23.0. The molecular weight excluding hydrogens is 435 g/mol. The van der Waals surface area contributed by atoms with E-state index < -0.39 is 12.7 Å². The van der Waals surface area contributed by atoms with E-state index >= 15 is 0 Å². The number of hydrogen-bond donors (Lipinski definition) is 2. The molecule has 0 radical (unpaired) electrons. The molecule has 5 rings (SSSR count). The van der Waals surface area contributed by atoms with E-state index in [4.69, 9.17) is 4.74 Å². The molecule has 3 aliphatic rings. The Morgan fingerprint density at radius 1 is 1.21 bits per heavy atom. The first-order valence-electron chi connectivity index (χ1n) is 11.8. The van der Waals surface area contributed by atoms with Crippen LogP contribution in [0.25, 0.3) is 11.0 Å². The fourth-order valence-electron chi connectivity index (χ4n) is 5.50. The third kappa shape index (κ3) is 4.82. The number of halogens is 3. The van der Waals surface area contributed by atoms with Crippen molar-refractivity contribution in [3.63, 3.8) is 0 Å². The van der Waals surface area contributed by atoms with Crippen molar-refractivity contribution in [2.45, 2.75) is 56.8 Å². The third-order valence-electron chi connectivity index (χ3n) is 7.15. The fourth-order valence-corrected chi connectivity index (χ4v) is 5.50. The molecule has 7 nitrogen and oxygen atoms in total. The normalized spacial score (nSPS) is 26.3. The first kappa shape index (κ1) is 22.5. The first-order valence-corrected chi connectivity index (χ1v) is 11.8. The maximum Gasteiger partial charge on any atom is 0.401 e. The number of carbonyl (C=O) groups is 1. The van der Waals surface area contributed by atoms with Gasteiger partial charge in [0.2, 0.25) is 0 Å². The van der Waals surface area contributed by atoms with Gasteiger partial charge >= 0.3 is 6.18 Å². The van der Waals surface area contributed by atoms with Crippen LogP contribution in [0.5, 0.6) is 0 Å². The predicted molar refractivity (Wildman–Crippen MR) is 118 cm³/mol. The van der Waals surface area contributed by atoms with Gasteiger partial charge in [0.1, 0.15) is 5.65 Å². The smallest absolute Gasteiger partial charge is 0.376 e. The van der Waals surface area contributed by atoms with Gasteiger partial charge in [0, 0.05) is 37.0 Å². The molecule has 1 amide bonds. The number of pyridine rings is 1. The molecule has 2 aromatic rings. The predicted octanol–water partition coefficient (Wildman–Crippen LogP) is 3.67. The van der Waals surface area contributed by atoms with Crippen LogP contribution in [0.15, 0.2) is 18.5 Å². The molecule has 1 saturated heterocycles. The molecule has 2 aromatic heterocycles. The second-order valence-electron chi connectivity index (χ2n) is 9.45. The van der Waals surface area contributed by atoms with Gasteiger partial charge in [-0.1, -0.05) is 0 Å². The Labute approximate surface area is 190 Å². The second-order valence-corrected chi connectivity index (χ2v) is 9.45. The number of aromatic amines is 1. The van der Waals surface area contributed by atoms with Crippen molar-refractivity contribution in [2.75, 3.05) is 37.8 Å². The average Bonchev–Trinajstić information content (AvgIpc) is 3.47. The Bertz CT molecular complexity index is 980. The first-order chi connectivity index (χ1) is 15.9. The maximum atomic E-state index is 13.3. The van der Waals surface area contributed by atoms with E-state index in [0.717, 1.165) is 61.9 Å². The number of fused-ring (bicyclic) bond motifs is 3. The van der Waals surface area contributed by atoms with Gasteiger partial charge in [-0.15, -0.1) is 0 Å². The summed E-state index contributed by atoms with van der Waals surface area (Å²) >= 11 is 0. The number of nitrogens with zero attached hydrogens (tertiary/aromatic N) is 3. The van der Waals surface area contributed by atoms with E-state index in [1.54, 1.807) is 6.20 Å². The number of rotatable bonds is 6. The molecule has 2 aliphatic heterocycles. The van der Waals surface area contributed by atoms with Gasteiger partial charge in [0.05, 0.1) is 30.6 Å². The van der Waals surface area contributed by atoms with Gasteiger partial charge in [0.25, 0.3) is 5.91 Å². The number of carbonyl (C=O) groups excluding carboxylic acids is 1. The minimum absolute atomic E-state index is 0.0163. The lowest BCUT2D eigenvalue weighted by Gasteiger charge is -2.45. The van der Waals surface area contributed by atoms with E-state index in [1.807, 2.05) is 17.2 Å². The molecule has 10 heteroatoms. The van der Waals surface area contributed by atoms with Crippen LogP contribution in [0, 0.1) is 5.92 Å². The molecule has 180 valence electrons. The maximum absolute atomic E-state index is 13.3. The number of hydrogen-bond acceptors (Lipinski definition) is 5. The highest BCUT2D eigenvalue weighted by Crippen LogP contribution is 2.39. The average molecular weight is 466 g/mol. The summed E-state index contributed by atoms with van der Waals surface area (Å²) in [5.41, 5.74) is 2.29. The number of H-pyrrole nitrogens is 1. The van der Waals surface area contributed by atoms with Crippen LogP contribution >= 0.6 is 0 Å². The van der Waals surface area contributed by atoms with Gasteiger partial charge in [-0.3, -0.25) is 4.79 Å². The summed E-state index contributed by atoms with van der Waals surface area (Å²) in [5, 5.41) is 3.50. The van der Waals surface area contributed by atoms with Crippen molar-refractivity contribution < 1.29 is 22.7 Å². The molecule has 1 unspecified atom stereocenters. The molecule has 0 aromatic carbocycles. The van der Waals surface area contributed by atoms with Crippen LogP contribution in [0.2, 0.25) is 0 Å². The highest BCUT2D eigenvalue weighted by Gasteiger charge is 2.38. The number of anilines is 1. The summed E-state index contributed by atoms with van der Waals surface area (Å²) in [6.45, 7) is 1.25. The number of ether oxygens (including phenoxy) is 1. The monoisotopic (exact) mass is 465 g/mol. The minimum Gasteiger partial charge on any atom is -0.376 e. The molecule has 1 saturated carbocycles. The largest absolute Gasteiger partial charge is 0.401 e. The summed E-state index contributed by atoms with van der Waals surface area (Å²) in [5.74, 6) is 0.222. The van der Waals surface area contributed by atoms with Gasteiger partial charge in [-0.2, -0.15) is 13.2 Å². The molecule has 0 bridgehead atoms. The molecule has 1 atom stereocenters. The van der Waals surface area contributed by atoms with Crippen molar-refractivity contribution in [2.24, 2.45) is 5.92 Å². The quantitative estimate of drug-likeness (QED) is 0.681. The van der Waals surface area contributed by atoms with E-state index in [0.29, 0.717) is 25.3 Å². The zero-order valence-electron chi connectivity index (χ0n) is 18.5.